The molecular weight excluding hydrogens is 265 g/mol. The first-order valence-electron chi connectivity index (χ1n) is 7.74. The first-order chi connectivity index (χ1) is 9.76. The van der Waals surface area contributed by atoms with Crippen LogP contribution in [0.1, 0.15) is 47.0 Å². The second-order valence-corrected chi connectivity index (χ2v) is 6.69. The summed E-state index contributed by atoms with van der Waals surface area (Å²) >= 11 is 0. The Hall–Kier alpha value is -1.10. The molecule has 0 aromatic rings. The van der Waals surface area contributed by atoms with Gasteiger partial charge in [0.25, 0.3) is 0 Å². The van der Waals surface area contributed by atoms with E-state index in [1.165, 1.54) is 0 Å². The molecule has 0 saturated carbocycles. The molecule has 1 fully saturated rings. The number of amides is 1. The van der Waals surface area contributed by atoms with Crippen LogP contribution < -0.4 is 0 Å². The van der Waals surface area contributed by atoms with Crippen molar-refractivity contribution in [2.75, 3.05) is 0 Å². The molecule has 114 valence electrons. The summed E-state index contributed by atoms with van der Waals surface area (Å²) in [6.07, 6.45) is 5.84. The van der Waals surface area contributed by atoms with E-state index in [0.29, 0.717) is 18.3 Å². The summed E-state index contributed by atoms with van der Waals surface area (Å²) in [5, 5.41) is 0. The minimum absolute atomic E-state index is 0.00396. The number of hydrogen-bond acceptors (Lipinski definition) is 3. The van der Waals surface area contributed by atoms with E-state index < -0.39 is 11.5 Å². The summed E-state index contributed by atoms with van der Waals surface area (Å²) in [6, 6.07) is -0.00396. The molecule has 0 bridgehead atoms. The van der Waals surface area contributed by atoms with Gasteiger partial charge >= 0.3 is 0 Å². The molecule has 4 nitrogen and oxygen atoms in total. The molecule has 1 aliphatic carbocycles. The van der Waals surface area contributed by atoms with Crippen LogP contribution in [0.5, 0.6) is 0 Å². The van der Waals surface area contributed by atoms with Crippen LogP contribution in [-0.4, -0.2) is 42.2 Å². The van der Waals surface area contributed by atoms with Gasteiger partial charge in [0.15, 0.2) is 11.6 Å². The van der Waals surface area contributed by atoms with Gasteiger partial charge in [0.1, 0.15) is 5.72 Å². The van der Waals surface area contributed by atoms with Crippen molar-refractivity contribution >= 4 is 19.4 Å². The Morgan fingerprint density at radius 2 is 2.19 bits per heavy atom. The smallest absolute Gasteiger partial charge is 0.200 e. The number of carbonyl (C=O) groups excluding carboxylic acids is 2. The molecule has 21 heavy (non-hydrogen) atoms. The lowest BCUT2D eigenvalue weighted by Gasteiger charge is -2.33. The van der Waals surface area contributed by atoms with Crippen LogP contribution in [0.15, 0.2) is 12.2 Å². The zero-order valence-electron chi connectivity index (χ0n) is 13.3. The number of nitrogens with zero attached hydrogens (tertiary/aromatic N) is 1. The summed E-state index contributed by atoms with van der Waals surface area (Å²) < 4.78 is 6.11. The fourth-order valence-electron chi connectivity index (χ4n) is 3.69. The fourth-order valence-corrected chi connectivity index (χ4v) is 3.69. The van der Waals surface area contributed by atoms with E-state index >= 15 is 0 Å². The molecule has 1 aliphatic heterocycles. The Labute approximate surface area is 128 Å². The van der Waals surface area contributed by atoms with Gasteiger partial charge < -0.3 is 9.64 Å². The van der Waals surface area contributed by atoms with Crippen LogP contribution >= 0.6 is 0 Å². The number of ketones is 1. The Morgan fingerprint density at radius 3 is 2.71 bits per heavy atom. The van der Waals surface area contributed by atoms with Gasteiger partial charge in [-0.15, -0.1) is 0 Å². The Bertz CT molecular complexity index is 460. The lowest BCUT2D eigenvalue weighted by molar-refractivity contribution is -0.116. The third kappa shape index (κ3) is 3.23. The summed E-state index contributed by atoms with van der Waals surface area (Å²) in [4.78, 5) is 24.8. The van der Waals surface area contributed by atoms with Crippen LogP contribution in [0.2, 0.25) is 0 Å². The molecule has 0 aromatic carbocycles. The normalized spacial score (nSPS) is 35.2. The number of rotatable bonds is 3. The van der Waals surface area contributed by atoms with Crippen LogP contribution in [0, 0.1) is 11.8 Å². The number of hydrogen-bond donors (Lipinski definition) is 0. The molecular formula is C16H24BNO3. The third-order valence-corrected chi connectivity index (χ3v) is 4.72. The van der Waals surface area contributed by atoms with Crippen molar-refractivity contribution in [3.8, 4) is 0 Å². The average Bonchev–Trinajstić information content (AvgIpc) is 2.63. The molecule has 0 spiro atoms. The van der Waals surface area contributed by atoms with Crippen LogP contribution in [0.3, 0.4) is 0 Å². The van der Waals surface area contributed by atoms with E-state index in [4.69, 9.17) is 12.6 Å². The lowest BCUT2D eigenvalue weighted by Crippen LogP contribution is -2.47. The first-order valence-corrected chi connectivity index (χ1v) is 7.74. The van der Waals surface area contributed by atoms with E-state index in [1.807, 2.05) is 26.8 Å². The van der Waals surface area contributed by atoms with Crippen molar-refractivity contribution in [3.05, 3.63) is 12.2 Å². The second-order valence-electron chi connectivity index (χ2n) is 6.69. The minimum atomic E-state index is -0.672. The van der Waals surface area contributed by atoms with Gasteiger partial charge in [0.05, 0.1) is 12.1 Å². The SMILES string of the molecule is [B]C(=O)N1C(CC)C(CC2C=CC(=O)CC2C)OC1(C)C. The van der Waals surface area contributed by atoms with Gasteiger partial charge in [0, 0.05) is 6.42 Å². The predicted molar refractivity (Wildman–Crippen MR) is 82.1 cm³/mol. The number of allylic oxidation sites excluding steroid dienone is 2. The minimum Gasteiger partial charge on any atom is -0.351 e. The van der Waals surface area contributed by atoms with Gasteiger partial charge in [-0.05, 0) is 44.6 Å². The molecule has 0 aromatic heterocycles. The Morgan fingerprint density at radius 1 is 1.52 bits per heavy atom. The number of carbonyl (C=O) groups is 2. The maximum absolute atomic E-state index is 11.7. The van der Waals surface area contributed by atoms with Crippen molar-refractivity contribution in [1.29, 1.82) is 0 Å². The van der Waals surface area contributed by atoms with Crippen molar-refractivity contribution in [3.63, 3.8) is 0 Å². The zero-order chi connectivity index (χ0) is 15.8. The van der Waals surface area contributed by atoms with Crippen molar-refractivity contribution in [1.82, 2.24) is 4.90 Å². The molecule has 4 atom stereocenters. The third-order valence-electron chi connectivity index (χ3n) is 4.72. The van der Waals surface area contributed by atoms with Gasteiger partial charge in [-0.2, -0.15) is 0 Å². The van der Waals surface area contributed by atoms with Crippen molar-refractivity contribution in [2.24, 2.45) is 11.8 Å². The molecule has 2 rings (SSSR count). The summed E-state index contributed by atoms with van der Waals surface area (Å²) in [5.41, 5.74) is -0.672. The van der Waals surface area contributed by atoms with Gasteiger partial charge in [-0.1, -0.05) is 19.9 Å². The molecule has 2 radical (unpaired) electrons. The zero-order valence-corrected chi connectivity index (χ0v) is 13.3. The van der Waals surface area contributed by atoms with Gasteiger partial charge in [0.2, 0.25) is 7.85 Å². The monoisotopic (exact) mass is 289 g/mol. The standard InChI is InChI=1S/C16H24BNO3/c1-5-13-14(21-16(3,4)18(13)15(17)20)9-11-6-7-12(19)8-10(11)2/h6-7,10-11,13-14H,5,8-9H2,1-4H3. The molecule has 2 aliphatic rings. The van der Waals surface area contributed by atoms with Crippen LogP contribution in [0.4, 0.5) is 4.79 Å². The quantitative estimate of drug-likeness (QED) is 0.750. The maximum atomic E-state index is 11.7. The van der Waals surface area contributed by atoms with Gasteiger partial charge in [-0.25, -0.2) is 0 Å². The van der Waals surface area contributed by atoms with Crippen LogP contribution in [0.25, 0.3) is 0 Å². The summed E-state index contributed by atoms with van der Waals surface area (Å²) in [6.45, 7) is 7.90. The highest BCUT2D eigenvalue weighted by molar-refractivity contribution is 6.57. The average molecular weight is 289 g/mol. The first kappa shape index (κ1) is 16.3. The van der Waals surface area contributed by atoms with Crippen molar-refractivity contribution < 1.29 is 14.3 Å². The van der Waals surface area contributed by atoms with E-state index in [1.54, 1.807) is 11.0 Å². The molecule has 1 heterocycles. The molecule has 5 heteroatoms. The largest absolute Gasteiger partial charge is 0.351 e. The van der Waals surface area contributed by atoms with Crippen LogP contribution in [-0.2, 0) is 9.53 Å². The van der Waals surface area contributed by atoms with E-state index in [9.17, 15) is 9.59 Å². The Balaban J connectivity index is 2.15. The fraction of sp³-hybridized carbons (Fsp3) is 0.750. The lowest BCUT2D eigenvalue weighted by atomic mass is 9.80. The molecule has 4 unspecified atom stereocenters. The summed E-state index contributed by atoms with van der Waals surface area (Å²) in [5.74, 6) is 0.383. The van der Waals surface area contributed by atoms with E-state index in [-0.39, 0.29) is 17.9 Å². The maximum Gasteiger partial charge on any atom is 0.200 e. The topological polar surface area (TPSA) is 46.6 Å². The van der Waals surface area contributed by atoms with Gasteiger partial charge in [-0.3, -0.25) is 9.59 Å². The molecule has 0 N–H and O–H groups in total. The highest BCUT2D eigenvalue weighted by Crippen LogP contribution is 2.38. The Kier molecular flexibility index (Phi) is 4.62. The highest BCUT2D eigenvalue weighted by Gasteiger charge is 2.48. The second kappa shape index (κ2) is 5.95. The molecule has 1 saturated heterocycles. The van der Waals surface area contributed by atoms with E-state index in [0.717, 1.165) is 12.8 Å². The number of ether oxygens (including phenoxy) is 1. The predicted octanol–water partition coefficient (Wildman–Crippen LogP) is 2.66. The highest BCUT2D eigenvalue weighted by atomic mass is 16.5. The van der Waals surface area contributed by atoms with E-state index in [2.05, 4.69) is 6.92 Å². The summed E-state index contributed by atoms with van der Waals surface area (Å²) in [7, 11) is 5.53. The molecule has 1 amide bonds. The van der Waals surface area contributed by atoms with Crippen molar-refractivity contribution in [2.45, 2.75) is 64.8 Å².